The number of benzene rings is 2. The molecule has 0 aromatic heterocycles. The summed E-state index contributed by atoms with van der Waals surface area (Å²) < 4.78 is 5.16. The molecule has 2 aliphatic rings. The number of hydrogen-bond acceptors (Lipinski definition) is 4. The minimum atomic E-state index is -0.403. The number of ether oxygens (including phenoxy) is 1. The maximum absolute atomic E-state index is 12.8. The lowest BCUT2D eigenvalue weighted by Gasteiger charge is -2.29. The molecule has 0 saturated carbocycles. The third-order valence-corrected chi connectivity index (χ3v) is 6.09. The molecule has 1 unspecified atom stereocenters. The van der Waals surface area contributed by atoms with E-state index in [2.05, 4.69) is 10.2 Å². The van der Waals surface area contributed by atoms with Crippen molar-refractivity contribution < 1.29 is 14.3 Å². The molecule has 2 aromatic rings. The molecule has 30 heavy (non-hydrogen) atoms. The highest BCUT2D eigenvalue weighted by Gasteiger charge is 2.35. The van der Waals surface area contributed by atoms with Crippen molar-refractivity contribution in [1.29, 1.82) is 0 Å². The minimum Gasteiger partial charge on any atom is -0.497 e. The molecule has 7 heteroatoms. The molecule has 0 spiro atoms. The molecule has 2 aromatic carbocycles. The Morgan fingerprint density at radius 1 is 1.10 bits per heavy atom. The van der Waals surface area contributed by atoms with Crippen molar-refractivity contribution in [2.24, 2.45) is 5.92 Å². The maximum atomic E-state index is 12.8. The van der Waals surface area contributed by atoms with Gasteiger partial charge in [0.2, 0.25) is 11.8 Å². The van der Waals surface area contributed by atoms with Gasteiger partial charge in [0.15, 0.2) is 0 Å². The van der Waals surface area contributed by atoms with Crippen molar-refractivity contribution in [3.05, 3.63) is 47.5 Å². The van der Waals surface area contributed by atoms with Gasteiger partial charge in [-0.2, -0.15) is 0 Å². The lowest BCUT2D eigenvalue weighted by molar-refractivity contribution is -0.122. The second-order valence-corrected chi connectivity index (χ2v) is 8.21. The van der Waals surface area contributed by atoms with Gasteiger partial charge in [0, 0.05) is 37.4 Å². The molecule has 2 heterocycles. The molecule has 0 bridgehead atoms. The maximum Gasteiger partial charge on any atom is 0.229 e. The Kier molecular flexibility index (Phi) is 6.13. The van der Waals surface area contributed by atoms with Crippen LogP contribution in [-0.4, -0.2) is 38.6 Å². The van der Waals surface area contributed by atoms with Gasteiger partial charge in [0.25, 0.3) is 0 Å². The van der Waals surface area contributed by atoms with Gasteiger partial charge in [-0.1, -0.05) is 11.6 Å². The fraction of sp³-hybridized carbons (Fsp3) is 0.391. The second-order valence-electron chi connectivity index (χ2n) is 7.81. The first kappa shape index (κ1) is 20.5. The molecule has 1 atom stereocenters. The number of piperidine rings is 1. The molecule has 2 aliphatic heterocycles. The van der Waals surface area contributed by atoms with Crippen LogP contribution in [0, 0.1) is 5.92 Å². The summed E-state index contributed by atoms with van der Waals surface area (Å²) in [5.74, 6) is 0.102. The largest absolute Gasteiger partial charge is 0.497 e. The summed E-state index contributed by atoms with van der Waals surface area (Å²) in [7, 11) is 1.60. The predicted molar refractivity (Wildman–Crippen MR) is 120 cm³/mol. The summed E-state index contributed by atoms with van der Waals surface area (Å²) in [4.78, 5) is 29.2. The summed E-state index contributed by atoms with van der Waals surface area (Å²) in [5, 5.41) is 3.56. The molecule has 158 valence electrons. The van der Waals surface area contributed by atoms with Crippen LogP contribution in [0.3, 0.4) is 0 Å². The van der Waals surface area contributed by atoms with Crippen molar-refractivity contribution in [2.45, 2.75) is 25.7 Å². The van der Waals surface area contributed by atoms with Crippen LogP contribution < -0.4 is 19.9 Å². The number of nitrogens with one attached hydrogen (secondary N) is 1. The summed E-state index contributed by atoms with van der Waals surface area (Å²) in [5.41, 5.74) is 2.43. The molecule has 2 amide bonds. The normalized spacial score (nSPS) is 19.1. The molecule has 6 nitrogen and oxygen atoms in total. The molecule has 2 saturated heterocycles. The number of carbonyl (C=O) groups is 2. The van der Waals surface area contributed by atoms with Crippen molar-refractivity contribution in [2.75, 3.05) is 41.9 Å². The second kappa shape index (κ2) is 8.96. The minimum absolute atomic E-state index is 0.0567. The number of nitrogens with zero attached hydrogens (tertiary/aromatic N) is 2. The van der Waals surface area contributed by atoms with Crippen LogP contribution in [0.5, 0.6) is 5.75 Å². The monoisotopic (exact) mass is 427 g/mol. The van der Waals surface area contributed by atoms with Crippen LogP contribution in [0.2, 0.25) is 5.02 Å². The van der Waals surface area contributed by atoms with Crippen molar-refractivity contribution >= 4 is 40.5 Å². The SMILES string of the molecule is COc1ccc(N2CC(C(=O)Nc3ccc(N4CCCCC4)c(Cl)c3)CC2=O)cc1. The Hall–Kier alpha value is -2.73. The highest BCUT2D eigenvalue weighted by atomic mass is 35.5. The average molecular weight is 428 g/mol. The van der Waals surface area contributed by atoms with E-state index in [1.54, 1.807) is 18.1 Å². The zero-order valence-electron chi connectivity index (χ0n) is 17.1. The van der Waals surface area contributed by atoms with Gasteiger partial charge in [-0.05, 0) is 61.7 Å². The number of hydrogen-bond donors (Lipinski definition) is 1. The summed E-state index contributed by atoms with van der Waals surface area (Å²) in [6, 6.07) is 12.9. The van der Waals surface area contributed by atoms with E-state index < -0.39 is 5.92 Å². The molecular formula is C23H26ClN3O3. The van der Waals surface area contributed by atoms with Crippen LogP contribution in [0.25, 0.3) is 0 Å². The van der Waals surface area contributed by atoms with E-state index in [4.69, 9.17) is 16.3 Å². The average Bonchev–Trinajstić information content (AvgIpc) is 3.16. The van der Waals surface area contributed by atoms with Crippen LogP contribution in [-0.2, 0) is 9.59 Å². The quantitative estimate of drug-likeness (QED) is 0.771. The van der Waals surface area contributed by atoms with Gasteiger partial charge in [0.1, 0.15) is 5.75 Å². The van der Waals surface area contributed by atoms with Gasteiger partial charge in [-0.3, -0.25) is 9.59 Å². The predicted octanol–water partition coefficient (Wildman–Crippen LogP) is 4.33. The zero-order chi connectivity index (χ0) is 21.1. The van der Waals surface area contributed by atoms with Crippen molar-refractivity contribution in [3.8, 4) is 5.75 Å². The van der Waals surface area contributed by atoms with Crippen LogP contribution >= 0.6 is 11.6 Å². The van der Waals surface area contributed by atoms with Gasteiger partial charge < -0.3 is 19.9 Å². The van der Waals surface area contributed by atoms with Gasteiger partial charge in [0.05, 0.1) is 23.7 Å². The highest BCUT2D eigenvalue weighted by Crippen LogP contribution is 2.32. The van der Waals surface area contributed by atoms with E-state index in [-0.39, 0.29) is 18.2 Å². The standard InChI is InChI=1S/C23H26ClN3O3/c1-30-19-8-6-18(7-9-19)27-15-16(13-22(27)28)23(29)25-17-5-10-21(20(24)14-17)26-11-3-2-4-12-26/h5-10,14,16H,2-4,11-13,15H2,1H3,(H,25,29). The summed E-state index contributed by atoms with van der Waals surface area (Å²) in [6.45, 7) is 2.38. The van der Waals surface area contributed by atoms with E-state index in [0.29, 0.717) is 17.3 Å². The van der Waals surface area contributed by atoms with Crippen LogP contribution in [0.15, 0.2) is 42.5 Å². The Morgan fingerprint density at radius 3 is 2.50 bits per heavy atom. The smallest absolute Gasteiger partial charge is 0.229 e. The highest BCUT2D eigenvalue weighted by molar-refractivity contribution is 6.33. The Labute approximate surface area is 181 Å². The van der Waals surface area contributed by atoms with Crippen molar-refractivity contribution in [1.82, 2.24) is 0 Å². The lowest BCUT2D eigenvalue weighted by Crippen LogP contribution is -2.29. The summed E-state index contributed by atoms with van der Waals surface area (Å²) >= 11 is 6.49. The summed E-state index contributed by atoms with van der Waals surface area (Å²) in [6.07, 6.45) is 3.80. The molecule has 2 fully saturated rings. The van der Waals surface area contributed by atoms with Gasteiger partial charge >= 0.3 is 0 Å². The van der Waals surface area contributed by atoms with Crippen LogP contribution in [0.4, 0.5) is 17.1 Å². The molecule has 4 rings (SSSR count). The van der Waals surface area contributed by atoms with E-state index >= 15 is 0 Å². The van der Waals surface area contributed by atoms with Crippen molar-refractivity contribution in [3.63, 3.8) is 0 Å². The van der Waals surface area contributed by atoms with E-state index in [1.807, 2.05) is 36.4 Å². The number of rotatable bonds is 5. The zero-order valence-corrected chi connectivity index (χ0v) is 17.8. The fourth-order valence-electron chi connectivity index (χ4n) is 4.12. The number of anilines is 3. The van der Waals surface area contributed by atoms with Crippen LogP contribution in [0.1, 0.15) is 25.7 Å². The third kappa shape index (κ3) is 4.38. The molecule has 0 aliphatic carbocycles. The first-order valence-electron chi connectivity index (χ1n) is 10.3. The van der Waals surface area contributed by atoms with E-state index in [9.17, 15) is 9.59 Å². The third-order valence-electron chi connectivity index (χ3n) is 5.79. The van der Waals surface area contributed by atoms with E-state index in [1.165, 1.54) is 19.3 Å². The Balaban J connectivity index is 1.40. The molecule has 0 radical (unpaired) electrons. The Morgan fingerprint density at radius 2 is 1.83 bits per heavy atom. The fourth-order valence-corrected chi connectivity index (χ4v) is 4.42. The number of halogens is 1. The number of methoxy groups -OCH3 is 1. The number of amides is 2. The van der Waals surface area contributed by atoms with E-state index in [0.717, 1.165) is 30.2 Å². The molecule has 1 N–H and O–H groups in total. The Bertz CT molecular complexity index is 926. The lowest BCUT2D eigenvalue weighted by atomic mass is 10.1. The van der Waals surface area contributed by atoms with Gasteiger partial charge in [-0.25, -0.2) is 0 Å². The topological polar surface area (TPSA) is 61.9 Å². The van der Waals surface area contributed by atoms with Gasteiger partial charge in [-0.15, -0.1) is 0 Å². The molecular weight excluding hydrogens is 402 g/mol. The first-order chi connectivity index (χ1) is 14.5. The first-order valence-corrected chi connectivity index (χ1v) is 10.7. The number of carbonyl (C=O) groups excluding carboxylic acids is 2.